The Kier molecular flexibility index (Phi) is 6.48. The summed E-state index contributed by atoms with van der Waals surface area (Å²) in [6.07, 6.45) is -9.42. The number of piperidine rings is 1. The molecule has 0 bridgehead atoms. The van der Waals surface area contributed by atoms with Gasteiger partial charge in [0.2, 0.25) is 0 Å². The quantitative estimate of drug-likeness (QED) is 0.582. The van der Waals surface area contributed by atoms with Gasteiger partial charge in [-0.25, -0.2) is 0 Å². The summed E-state index contributed by atoms with van der Waals surface area (Å²) in [5.41, 5.74) is -2.58. The first-order valence-corrected chi connectivity index (χ1v) is 9.76. The number of aliphatic hydroxyl groups excluding tert-OH is 1. The minimum atomic E-state index is -5.00. The van der Waals surface area contributed by atoms with Crippen LogP contribution in [0, 0.1) is 0 Å². The highest BCUT2D eigenvalue weighted by Gasteiger charge is 2.40. The number of halogens is 6. The summed E-state index contributed by atoms with van der Waals surface area (Å²) in [5, 5.41) is 13.8. The fourth-order valence-electron chi connectivity index (χ4n) is 4.22. The molecule has 2 nitrogen and oxygen atoms in total. The van der Waals surface area contributed by atoms with E-state index in [1.54, 1.807) is 0 Å². The largest absolute Gasteiger partial charge is 0.416 e. The number of hydrogen-bond donors (Lipinski definition) is 2. The summed E-state index contributed by atoms with van der Waals surface area (Å²) in [4.78, 5) is 0. The molecule has 8 heteroatoms. The maximum Gasteiger partial charge on any atom is 0.416 e. The van der Waals surface area contributed by atoms with Crippen molar-refractivity contribution in [3.8, 4) is 0 Å². The van der Waals surface area contributed by atoms with Gasteiger partial charge in [0.1, 0.15) is 0 Å². The minimum Gasteiger partial charge on any atom is -0.388 e. The summed E-state index contributed by atoms with van der Waals surface area (Å²) in [6.45, 7) is 1.50. The van der Waals surface area contributed by atoms with Crippen LogP contribution in [0.1, 0.15) is 54.0 Å². The van der Waals surface area contributed by atoms with E-state index < -0.39 is 35.1 Å². The van der Waals surface area contributed by atoms with Crippen LogP contribution in [0.5, 0.6) is 0 Å². The predicted molar refractivity (Wildman–Crippen MR) is 101 cm³/mol. The lowest BCUT2D eigenvalue weighted by Crippen LogP contribution is -2.40. The Balaban J connectivity index is 1.87. The molecule has 1 aliphatic rings. The summed E-state index contributed by atoms with van der Waals surface area (Å²) in [7, 11) is 0. The number of benzene rings is 2. The van der Waals surface area contributed by atoms with E-state index in [4.69, 9.17) is 0 Å². The first-order valence-electron chi connectivity index (χ1n) is 9.76. The molecule has 1 atom stereocenters. The Bertz CT molecular complexity index is 841. The number of alkyl halides is 6. The Morgan fingerprint density at radius 2 is 1.53 bits per heavy atom. The molecule has 0 unspecified atom stereocenters. The summed E-state index contributed by atoms with van der Waals surface area (Å²) in [5.74, 6) is 0. The van der Waals surface area contributed by atoms with Gasteiger partial charge in [-0.15, -0.1) is 0 Å². The third-order valence-electron chi connectivity index (χ3n) is 5.89. The van der Waals surface area contributed by atoms with Crippen LogP contribution in [0.2, 0.25) is 0 Å². The topological polar surface area (TPSA) is 32.3 Å². The first-order chi connectivity index (χ1) is 14.0. The molecule has 0 aliphatic carbocycles. The van der Waals surface area contributed by atoms with Crippen LogP contribution in [0.3, 0.4) is 0 Å². The molecule has 1 aliphatic heterocycles. The normalized spacial score (nSPS) is 18.2. The number of aliphatic hydroxyl groups is 1. The maximum atomic E-state index is 13.4. The van der Waals surface area contributed by atoms with Crippen molar-refractivity contribution < 1.29 is 31.4 Å². The Morgan fingerprint density at radius 3 is 2.10 bits per heavy atom. The zero-order valence-corrected chi connectivity index (χ0v) is 16.2. The standard InChI is InChI=1S/C22H23F6NO/c23-21(24,25)16-6-7-17(18(14-16)22(26,27)28)19(30)8-9-20(10-12-29-13-11-20)15-4-2-1-3-5-15/h1-7,14,19,29-30H,8-13H2/t19-/m0/s1. The Hall–Kier alpha value is -2.06. The fraction of sp³-hybridized carbons (Fsp3) is 0.455. The second kappa shape index (κ2) is 8.59. The third kappa shape index (κ3) is 4.98. The minimum absolute atomic E-state index is 0.0172. The number of rotatable bonds is 5. The van der Waals surface area contributed by atoms with Crippen LogP contribution in [-0.2, 0) is 17.8 Å². The molecule has 0 radical (unpaired) electrons. The van der Waals surface area contributed by atoms with Crippen LogP contribution in [0.4, 0.5) is 26.3 Å². The van der Waals surface area contributed by atoms with Gasteiger partial charge in [-0.3, -0.25) is 0 Å². The van der Waals surface area contributed by atoms with Gasteiger partial charge in [0.05, 0.1) is 17.2 Å². The monoisotopic (exact) mass is 431 g/mol. The van der Waals surface area contributed by atoms with E-state index in [1.165, 1.54) is 0 Å². The van der Waals surface area contributed by atoms with Gasteiger partial charge in [-0.2, -0.15) is 26.3 Å². The zero-order chi connectivity index (χ0) is 22.0. The van der Waals surface area contributed by atoms with Crippen LogP contribution in [0.15, 0.2) is 48.5 Å². The Morgan fingerprint density at radius 1 is 0.900 bits per heavy atom. The number of hydrogen-bond acceptors (Lipinski definition) is 2. The van der Waals surface area contributed by atoms with Crippen molar-refractivity contribution in [1.29, 1.82) is 0 Å². The van der Waals surface area contributed by atoms with E-state index in [0.717, 1.165) is 37.6 Å². The van der Waals surface area contributed by atoms with Crippen LogP contribution >= 0.6 is 0 Å². The van der Waals surface area contributed by atoms with E-state index in [2.05, 4.69) is 5.32 Å². The van der Waals surface area contributed by atoms with Crippen molar-refractivity contribution in [3.63, 3.8) is 0 Å². The van der Waals surface area contributed by atoms with Crippen molar-refractivity contribution in [1.82, 2.24) is 5.32 Å². The molecule has 2 aromatic rings. The smallest absolute Gasteiger partial charge is 0.388 e. The molecule has 3 rings (SSSR count). The highest BCUT2D eigenvalue weighted by Crippen LogP contribution is 2.43. The lowest BCUT2D eigenvalue weighted by Gasteiger charge is -2.39. The van der Waals surface area contributed by atoms with E-state index in [0.29, 0.717) is 12.5 Å². The molecule has 2 aromatic carbocycles. The summed E-state index contributed by atoms with van der Waals surface area (Å²) >= 11 is 0. The van der Waals surface area contributed by atoms with Gasteiger partial charge in [0, 0.05) is 0 Å². The van der Waals surface area contributed by atoms with E-state index in [9.17, 15) is 31.4 Å². The molecular weight excluding hydrogens is 408 g/mol. The van der Waals surface area contributed by atoms with Crippen molar-refractivity contribution >= 4 is 0 Å². The van der Waals surface area contributed by atoms with Crippen molar-refractivity contribution in [2.75, 3.05) is 13.1 Å². The molecule has 30 heavy (non-hydrogen) atoms. The number of nitrogens with one attached hydrogen (secondary N) is 1. The van der Waals surface area contributed by atoms with E-state index in [1.807, 2.05) is 30.3 Å². The Labute approximate surface area is 170 Å². The van der Waals surface area contributed by atoms with E-state index >= 15 is 0 Å². The van der Waals surface area contributed by atoms with Gasteiger partial charge < -0.3 is 10.4 Å². The van der Waals surface area contributed by atoms with Gasteiger partial charge in [0.25, 0.3) is 0 Å². The van der Waals surface area contributed by atoms with Crippen LogP contribution < -0.4 is 5.32 Å². The van der Waals surface area contributed by atoms with Gasteiger partial charge in [0.15, 0.2) is 0 Å². The molecule has 0 saturated carbocycles. The van der Waals surface area contributed by atoms with Gasteiger partial charge in [-0.1, -0.05) is 36.4 Å². The molecule has 1 saturated heterocycles. The molecule has 2 N–H and O–H groups in total. The average Bonchev–Trinajstić information content (AvgIpc) is 2.71. The lowest BCUT2D eigenvalue weighted by molar-refractivity contribution is -0.144. The molecule has 164 valence electrons. The van der Waals surface area contributed by atoms with E-state index in [-0.39, 0.29) is 17.9 Å². The van der Waals surface area contributed by atoms with Crippen LogP contribution in [-0.4, -0.2) is 18.2 Å². The predicted octanol–water partition coefficient (Wildman–Crippen LogP) is 5.86. The first kappa shape index (κ1) is 22.6. The molecule has 1 heterocycles. The molecule has 0 spiro atoms. The van der Waals surface area contributed by atoms with Gasteiger partial charge >= 0.3 is 12.4 Å². The third-order valence-corrected chi connectivity index (χ3v) is 5.89. The molecule has 0 amide bonds. The lowest BCUT2D eigenvalue weighted by atomic mass is 9.69. The molecule has 1 fully saturated rings. The van der Waals surface area contributed by atoms with Crippen LogP contribution in [0.25, 0.3) is 0 Å². The SMILES string of the molecule is O[C@@H](CCC1(c2ccccc2)CCNCC1)c1ccc(C(F)(F)F)cc1C(F)(F)F. The van der Waals surface area contributed by atoms with Crippen molar-refractivity contribution in [2.24, 2.45) is 0 Å². The average molecular weight is 431 g/mol. The highest BCUT2D eigenvalue weighted by atomic mass is 19.4. The van der Waals surface area contributed by atoms with Crippen molar-refractivity contribution in [2.45, 2.75) is 49.6 Å². The fourth-order valence-corrected chi connectivity index (χ4v) is 4.22. The second-order valence-corrected chi connectivity index (χ2v) is 7.75. The van der Waals surface area contributed by atoms with Crippen molar-refractivity contribution in [3.05, 3.63) is 70.8 Å². The summed E-state index contributed by atoms with van der Waals surface area (Å²) in [6, 6.07) is 11.0. The zero-order valence-electron chi connectivity index (χ0n) is 16.2. The molecular formula is C22H23F6NO. The molecule has 0 aromatic heterocycles. The maximum absolute atomic E-state index is 13.4. The summed E-state index contributed by atoms with van der Waals surface area (Å²) < 4.78 is 78.9. The van der Waals surface area contributed by atoms with Gasteiger partial charge in [-0.05, 0) is 67.4 Å². The highest BCUT2D eigenvalue weighted by molar-refractivity contribution is 5.37. The second-order valence-electron chi connectivity index (χ2n) is 7.75.